The molecule has 0 fully saturated rings. The SMILES string of the molecule is O=C(O)c1ccccc1C(=O)Nn1cnc2ccccc21. The van der Waals surface area contributed by atoms with Crippen molar-refractivity contribution in [1.29, 1.82) is 0 Å². The van der Waals surface area contributed by atoms with Crippen LogP contribution in [0.15, 0.2) is 54.9 Å². The highest BCUT2D eigenvalue weighted by Gasteiger charge is 2.16. The minimum absolute atomic E-state index is 0.0422. The van der Waals surface area contributed by atoms with Crippen molar-refractivity contribution in [3.8, 4) is 0 Å². The van der Waals surface area contributed by atoms with Crippen LogP contribution in [0.25, 0.3) is 11.0 Å². The highest BCUT2D eigenvalue weighted by atomic mass is 16.4. The number of fused-ring (bicyclic) bond motifs is 1. The molecule has 104 valence electrons. The van der Waals surface area contributed by atoms with E-state index in [-0.39, 0.29) is 11.1 Å². The van der Waals surface area contributed by atoms with Crippen LogP contribution >= 0.6 is 0 Å². The average Bonchev–Trinajstić information content (AvgIpc) is 2.90. The number of rotatable bonds is 3. The Balaban J connectivity index is 1.95. The van der Waals surface area contributed by atoms with Crippen LogP contribution in [0.1, 0.15) is 20.7 Å². The number of para-hydroxylation sites is 2. The summed E-state index contributed by atoms with van der Waals surface area (Å²) in [6.07, 6.45) is 1.48. The lowest BCUT2D eigenvalue weighted by Gasteiger charge is -2.09. The maximum absolute atomic E-state index is 12.3. The topological polar surface area (TPSA) is 84.2 Å². The van der Waals surface area contributed by atoms with Crippen molar-refractivity contribution in [3.63, 3.8) is 0 Å². The summed E-state index contributed by atoms with van der Waals surface area (Å²) >= 11 is 0. The van der Waals surface area contributed by atoms with Crippen molar-refractivity contribution in [3.05, 3.63) is 66.0 Å². The normalized spacial score (nSPS) is 10.5. The maximum Gasteiger partial charge on any atom is 0.336 e. The van der Waals surface area contributed by atoms with Gasteiger partial charge in [0.05, 0.1) is 22.2 Å². The van der Waals surface area contributed by atoms with Gasteiger partial charge in [-0.05, 0) is 24.3 Å². The number of nitrogens with zero attached hydrogens (tertiary/aromatic N) is 2. The fourth-order valence-electron chi connectivity index (χ4n) is 2.09. The number of aromatic carboxylic acids is 1. The van der Waals surface area contributed by atoms with Gasteiger partial charge in [-0.3, -0.25) is 10.2 Å². The van der Waals surface area contributed by atoms with Gasteiger partial charge in [-0.2, -0.15) is 0 Å². The molecule has 0 saturated carbocycles. The van der Waals surface area contributed by atoms with Crippen LogP contribution in [-0.2, 0) is 0 Å². The number of hydrogen-bond donors (Lipinski definition) is 2. The molecule has 6 nitrogen and oxygen atoms in total. The number of carboxylic acid groups (broad SMARTS) is 1. The average molecular weight is 281 g/mol. The van der Waals surface area contributed by atoms with Crippen molar-refractivity contribution in [2.24, 2.45) is 0 Å². The molecule has 0 spiro atoms. The zero-order valence-electron chi connectivity index (χ0n) is 10.9. The van der Waals surface area contributed by atoms with E-state index in [0.29, 0.717) is 0 Å². The molecule has 3 rings (SSSR count). The third-order valence-electron chi connectivity index (χ3n) is 3.08. The fraction of sp³-hybridized carbons (Fsp3) is 0. The molecule has 0 bridgehead atoms. The minimum Gasteiger partial charge on any atom is -0.478 e. The predicted molar refractivity (Wildman–Crippen MR) is 76.8 cm³/mol. The maximum atomic E-state index is 12.3. The molecule has 1 heterocycles. The predicted octanol–water partition coefficient (Wildman–Crippen LogP) is 2.12. The standard InChI is InChI=1S/C15H11N3O3/c19-14(10-5-1-2-6-11(10)15(20)21)17-18-9-16-12-7-3-4-8-13(12)18/h1-9H,(H,17,19)(H,20,21). The number of hydrogen-bond acceptors (Lipinski definition) is 3. The van der Waals surface area contributed by atoms with E-state index in [1.165, 1.54) is 23.1 Å². The smallest absolute Gasteiger partial charge is 0.336 e. The van der Waals surface area contributed by atoms with E-state index in [2.05, 4.69) is 10.4 Å². The number of amides is 1. The number of aromatic nitrogens is 2. The Kier molecular flexibility index (Phi) is 3.12. The van der Waals surface area contributed by atoms with E-state index in [0.717, 1.165) is 11.0 Å². The van der Waals surface area contributed by atoms with Crippen LogP contribution in [-0.4, -0.2) is 26.6 Å². The quantitative estimate of drug-likeness (QED) is 0.770. The lowest BCUT2D eigenvalue weighted by Crippen LogP contribution is -2.24. The Morgan fingerprint density at radius 1 is 1.00 bits per heavy atom. The molecule has 2 aromatic carbocycles. The van der Waals surface area contributed by atoms with E-state index in [4.69, 9.17) is 5.11 Å². The van der Waals surface area contributed by atoms with Gasteiger partial charge in [-0.1, -0.05) is 24.3 Å². The van der Waals surface area contributed by atoms with Crippen molar-refractivity contribution in [1.82, 2.24) is 9.66 Å². The molecule has 0 aliphatic rings. The molecule has 1 amide bonds. The Morgan fingerprint density at radius 3 is 2.43 bits per heavy atom. The molecule has 0 aliphatic carbocycles. The van der Waals surface area contributed by atoms with Gasteiger partial charge >= 0.3 is 5.97 Å². The van der Waals surface area contributed by atoms with Gasteiger partial charge in [0.1, 0.15) is 6.33 Å². The van der Waals surface area contributed by atoms with Crippen LogP contribution in [0.5, 0.6) is 0 Å². The second-order valence-corrected chi connectivity index (χ2v) is 4.39. The van der Waals surface area contributed by atoms with E-state index in [1.807, 2.05) is 24.3 Å². The third kappa shape index (κ3) is 2.34. The van der Waals surface area contributed by atoms with Gasteiger partial charge in [0.15, 0.2) is 0 Å². The van der Waals surface area contributed by atoms with E-state index in [9.17, 15) is 9.59 Å². The summed E-state index contributed by atoms with van der Waals surface area (Å²) in [7, 11) is 0. The first kappa shape index (κ1) is 12.9. The second-order valence-electron chi connectivity index (χ2n) is 4.39. The van der Waals surface area contributed by atoms with Crippen molar-refractivity contribution >= 4 is 22.9 Å². The number of carboxylic acids is 1. The van der Waals surface area contributed by atoms with Crippen molar-refractivity contribution in [2.75, 3.05) is 5.43 Å². The van der Waals surface area contributed by atoms with Crippen LogP contribution < -0.4 is 5.43 Å². The first-order chi connectivity index (χ1) is 10.2. The molecule has 0 radical (unpaired) electrons. The summed E-state index contributed by atoms with van der Waals surface area (Å²) in [6.45, 7) is 0. The molecular weight excluding hydrogens is 270 g/mol. The van der Waals surface area contributed by atoms with Gasteiger partial charge < -0.3 is 5.11 Å². The van der Waals surface area contributed by atoms with Gasteiger partial charge in [0.2, 0.25) is 0 Å². The van der Waals surface area contributed by atoms with Crippen molar-refractivity contribution in [2.45, 2.75) is 0 Å². The van der Waals surface area contributed by atoms with E-state index < -0.39 is 11.9 Å². The van der Waals surface area contributed by atoms with Crippen LogP contribution in [0.2, 0.25) is 0 Å². The molecular formula is C15H11N3O3. The molecule has 0 atom stereocenters. The highest BCUT2D eigenvalue weighted by molar-refractivity contribution is 6.08. The Labute approximate surface area is 119 Å². The summed E-state index contributed by atoms with van der Waals surface area (Å²) in [5.41, 5.74) is 4.16. The molecule has 0 saturated heterocycles. The summed E-state index contributed by atoms with van der Waals surface area (Å²) < 4.78 is 1.47. The van der Waals surface area contributed by atoms with Crippen LogP contribution in [0.3, 0.4) is 0 Å². The minimum atomic E-state index is -1.14. The Morgan fingerprint density at radius 2 is 1.67 bits per heavy atom. The number of carbonyl (C=O) groups excluding carboxylic acids is 1. The highest BCUT2D eigenvalue weighted by Crippen LogP contribution is 2.12. The zero-order chi connectivity index (χ0) is 14.8. The van der Waals surface area contributed by atoms with Gasteiger partial charge in [-0.15, -0.1) is 0 Å². The largest absolute Gasteiger partial charge is 0.478 e. The lowest BCUT2D eigenvalue weighted by atomic mass is 10.1. The van der Waals surface area contributed by atoms with Crippen LogP contribution in [0, 0.1) is 0 Å². The summed E-state index contributed by atoms with van der Waals surface area (Å²) in [4.78, 5) is 27.6. The molecule has 21 heavy (non-hydrogen) atoms. The number of imidazole rings is 1. The summed E-state index contributed by atoms with van der Waals surface area (Å²) in [6, 6.07) is 13.4. The summed E-state index contributed by atoms with van der Waals surface area (Å²) in [5.74, 6) is -1.65. The fourth-order valence-corrected chi connectivity index (χ4v) is 2.09. The zero-order valence-corrected chi connectivity index (χ0v) is 10.9. The molecule has 0 aliphatic heterocycles. The number of nitrogens with one attached hydrogen (secondary N) is 1. The lowest BCUT2D eigenvalue weighted by molar-refractivity contribution is 0.0692. The van der Waals surface area contributed by atoms with Crippen molar-refractivity contribution < 1.29 is 14.7 Å². The molecule has 6 heteroatoms. The van der Waals surface area contributed by atoms with E-state index >= 15 is 0 Å². The van der Waals surface area contributed by atoms with Gasteiger partial charge in [0, 0.05) is 0 Å². The molecule has 1 aromatic heterocycles. The first-order valence-electron chi connectivity index (χ1n) is 6.22. The van der Waals surface area contributed by atoms with Crippen LogP contribution in [0.4, 0.5) is 0 Å². The monoisotopic (exact) mass is 281 g/mol. The third-order valence-corrected chi connectivity index (χ3v) is 3.08. The molecule has 0 unspecified atom stereocenters. The van der Waals surface area contributed by atoms with E-state index in [1.54, 1.807) is 12.1 Å². The Bertz CT molecular complexity index is 839. The number of benzene rings is 2. The molecule has 2 N–H and O–H groups in total. The van der Waals surface area contributed by atoms with Gasteiger partial charge in [-0.25, -0.2) is 14.5 Å². The second kappa shape index (κ2) is 5.09. The molecule has 3 aromatic rings. The van der Waals surface area contributed by atoms with Gasteiger partial charge in [0.25, 0.3) is 5.91 Å². The Hall–Kier alpha value is -3.15. The summed E-state index contributed by atoms with van der Waals surface area (Å²) in [5, 5.41) is 9.11. The first-order valence-corrected chi connectivity index (χ1v) is 6.22. The number of carbonyl (C=O) groups is 2.